The SMILES string of the molecule is F[P-](F)(F)(F)(F)F.Sc1ccc(Oc2ccc([SH+]c3ccccc3)cc2)cc1. The smallest absolute Gasteiger partial charge is 0.158 e. The largest absolute Gasteiger partial charge is 0.457 e. The van der Waals surface area contributed by atoms with E-state index in [1.807, 2.05) is 42.5 Å². The molecule has 0 aromatic heterocycles. The zero-order chi connectivity index (χ0) is 20.9. The van der Waals surface area contributed by atoms with Crippen LogP contribution in [0.1, 0.15) is 0 Å². The predicted molar refractivity (Wildman–Crippen MR) is 106 cm³/mol. The van der Waals surface area contributed by atoms with Crippen molar-refractivity contribution in [2.45, 2.75) is 14.7 Å². The second-order valence-corrected chi connectivity index (χ2v) is 9.18. The van der Waals surface area contributed by atoms with Crippen molar-refractivity contribution >= 4 is 32.2 Å². The van der Waals surface area contributed by atoms with Gasteiger partial charge in [0.25, 0.3) is 0 Å². The molecule has 0 N–H and O–H groups in total. The van der Waals surface area contributed by atoms with Gasteiger partial charge in [0, 0.05) is 16.7 Å². The molecule has 152 valence electrons. The van der Waals surface area contributed by atoms with Gasteiger partial charge in [-0.25, -0.2) is 0 Å². The topological polar surface area (TPSA) is 9.23 Å². The maximum absolute atomic E-state index is 10.7. The first kappa shape index (κ1) is 22.5. The van der Waals surface area contributed by atoms with E-state index >= 15 is 0 Å². The Hall–Kier alpha value is -1.83. The number of thiol groups is 2. The predicted octanol–water partition coefficient (Wildman–Crippen LogP) is 8.38. The first-order valence-corrected chi connectivity index (χ1v) is 11.0. The van der Waals surface area contributed by atoms with E-state index in [4.69, 9.17) is 4.74 Å². The zero-order valence-electron chi connectivity index (χ0n) is 14.0. The van der Waals surface area contributed by atoms with Crippen LogP contribution >= 0.6 is 20.4 Å². The molecule has 0 aliphatic rings. The molecule has 0 saturated carbocycles. The Morgan fingerprint density at radius 1 is 0.607 bits per heavy atom. The van der Waals surface area contributed by atoms with Gasteiger partial charge in [-0.2, -0.15) is 0 Å². The summed E-state index contributed by atoms with van der Waals surface area (Å²) >= 11 is 5.47. The Bertz CT molecular complexity index is 888. The average Bonchev–Trinajstić information content (AvgIpc) is 2.57. The van der Waals surface area contributed by atoms with Crippen molar-refractivity contribution in [3.63, 3.8) is 0 Å². The minimum atomic E-state index is -10.7. The molecule has 0 unspecified atom stereocenters. The Morgan fingerprint density at radius 2 is 1.00 bits per heavy atom. The third kappa shape index (κ3) is 11.1. The summed E-state index contributed by atoms with van der Waals surface area (Å²) in [4.78, 5) is 3.47. The monoisotopic (exact) mass is 456 g/mol. The van der Waals surface area contributed by atoms with E-state index in [0.29, 0.717) is 0 Å². The van der Waals surface area contributed by atoms with Crippen molar-refractivity contribution in [1.29, 1.82) is 0 Å². The molecule has 0 atom stereocenters. The van der Waals surface area contributed by atoms with Crippen molar-refractivity contribution in [3.05, 3.63) is 78.9 Å². The molecule has 0 fully saturated rings. The molecule has 0 heterocycles. The van der Waals surface area contributed by atoms with Gasteiger partial charge < -0.3 is 4.74 Å². The van der Waals surface area contributed by atoms with Gasteiger partial charge >= 0.3 is 33.0 Å². The number of hydrogen-bond donors (Lipinski definition) is 1. The first-order valence-electron chi connectivity index (χ1n) is 7.65. The minimum absolute atomic E-state index is 0.821. The van der Waals surface area contributed by atoms with Crippen LogP contribution in [0.2, 0.25) is 0 Å². The standard InChI is InChI=1S/C18H14OS2.F6P/c20-16-10-6-14(7-11-16)19-15-8-12-18(13-9-15)21-17-4-2-1-3-5-17;1-7(2,3,4,5)6/h1-13,20H;/q;-1/p+1. The molecule has 0 radical (unpaired) electrons. The molecule has 28 heavy (non-hydrogen) atoms. The van der Waals surface area contributed by atoms with Crippen molar-refractivity contribution in [2.75, 3.05) is 0 Å². The van der Waals surface area contributed by atoms with Crippen molar-refractivity contribution in [1.82, 2.24) is 0 Å². The van der Waals surface area contributed by atoms with Crippen LogP contribution in [0.25, 0.3) is 0 Å². The second kappa shape index (κ2) is 7.89. The van der Waals surface area contributed by atoms with Crippen LogP contribution in [0, 0.1) is 0 Å². The molecular weight excluding hydrogens is 441 g/mol. The maximum Gasteiger partial charge on any atom is 0.158 e. The quantitative estimate of drug-likeness (QED) is 0.180. The fraction of sp³-hybridized carbons (Fsp3) is 0. The molecule has 3 rings (SSSR count). The van der Waals surface area contributed by atoms with E-state index in [2.05, 4.69) is 49.0 Å². The van der Waals surface area contributed by atoms with Crippen LogP contribution in [0.15, 0.2) is 93.5 Å². The molecule has 3 aromatic rings. The minimum Gasteiger partial charge on any atom is -0.457 e. The maximum atomic E-state index is 9.87. The number of rotatable bonds is 4. The van der Waals surface area contributed by atoms with Gasteiger partial charge in [-0.15, -0.1) is 12.6 Å². The van der Waals surface area contributed by atoms with Crippen molar-refractivity contribution < 1.29 is 29.9 Å². The number of halogens is 6. The number of ether oxygens (including phenoxy) is 1. The average molecular weight is 456 g/mol. The summed E-state index contributed by atoms with van der Waals surface area (Å²) in [5.41, 5.74) is 0. The van der Waals surface area contributed by atoms with Gasteiger partial charge in [0.1, 0.15) is 11.5 Å². The summed E-state index contributed by atoms with van der Waals surface area (Å²) in [5, 5.41) is 0. The summed E-state index contributed by atoms with van der Waals surface area (Å²) in [7, 11) is -10.7. The van der Waals surface area contributed by atoms with E-state index in [9.17, 15) is 25.2 Å². The third-order valence-corrected chi connectivity index (χ3v) is 4.33. The Kier molecular flexibility index (Phi) is 6.33. The van der Waals surface area contributed by atoms with Crippen LogP contribution in [-0.2, 0) is 11.8 Å². The van der Waals surface area contributed by atoms with Gasteiger partial charge in [-0.1, -0.05) is 18.2 Å². The fourth-order valence-electron chi connectivity index (χ4n) is 1.89. The second-order valence-electron chi connectivity index (χ2n) is 5.50. The van der Waals surface area contributed by atoms with Crippen LogP contribution < -0.4 is 4.74 Å². The molecule has 0 bridgehead atoms. The van der Waals surface area contributed by atoms with E-state index < -0.39 is 7.81 Å². The van der Waals surface area contributed by atoms with E-state index in [1.54, 1.807) is 0 Å². The van der Waals surface area contributed by atoms with E-state index in [1.165, 1.54) is 21.6 Å². The summed E-state index contributed by atoms with van der Waals surface area (Å²) < 4.78 is 65.0. The van der Waals surface area contributed by atoms with Crippen LogP contribution in [0.5, 0.6) is 11.5 Å². The van der Waals surface area contributed by atoms with E-state index in [-0.39, 0.29) is 0 Å². The molecule has 0 saturated heterocycles. The Balaban J connectivity index is 0.000000345. The van der Waals surface area contributed by atoms with Crippen molar-refractivity contribution in [3.8, 4) is 11.5 Å². The summed E-state index contributed by atoms with van der Waals surface area (Å²) in [6.07, 6.45) is 0. The summed E-state index contributed by atoms with van der Waals surface area (Å²) in [6.45, 7) is 0. The molecule has 10 heteroatoms. The molecular formula is C18H15F6OPS2. The number of benzene rings is 3. The first-order chi connectivity index (χ1) is 12.7. The molecule has 0 spiro atoms. The van der Waals surface area contributed by atoms with Crippen LogP contribution in [0.4, 0.5) is 25.2 Å². The molecule has 0 aliphatic heterocycles. The van der Waals surface area contributed by atoms with Crippen LogP contribution in [0.3, 0.4) is 0 Å². The zero-order valence-corrected chi connectivity index (χ0v) is 16.7. The normalized spacial score (nSPS) is 13.5. The Labute approximate surface area is 167 Å². The van der Waals surface area contributed by atoms with Gasteiger partial charge in [-0.05, 0) is 60.7 Å². The molecule has 0 aliphatic carbocycles. The van der Waals surface area contributed by atoms with Crippen molar-refractivity contribution in [2.24, 2.45) is 0 Å². The number of hydrogen-bond acceptors (Lipinski definition) is 2. The summed E-state index contributed by atoms with van der Waals surface area (Å²) in [6, 6.07) is 26.3. The third-order valence-electron chi connectivity index (χ3n) is 2.92. The molecule has 1 nitrogen and oxygen atoms in total. The van der Waals surface area contributed by atoms with Gasteiger partial charge in [0.05, 0.1) is 0 Å². The Morgan fingerprint density at radius 3 is 1.46 bits per heavy atom. The van der Waals surface area contributed by atoms with Gasteiger partial charge in [0.15, 0.2) is 9.79 Å². The van der Waals surface area contributed by atoms with Gasteiger partial charge in [0.2, 0.25) is 0 Å². The van der Waals surface area contributed by atoms with Crippen LogP contribution in [-0.4, -0.2) is 0 Å². The summed E-state index contributed by atoms with van der Waals surface area (Å²) in [5.74, 6) is 1.66. The van der Waals surface area contributed by atoms with E-state index in [0.717, 1.165) is 16.4 Å². The van der Waals surface area contributed by atoms with Gasteiger partial charge in [-0.3, -0.25) is 0 Å². The fourth-order valence-corrected chi connectivity index (χ4v) is 2.96. The molecule has 0 amide bonds. The molecule has 3 aromatic carbocycles.